The zero-order valence-corrected chi connectivity index (χ0v) is 16.4. The molecule has 0 N–H and O–H groups in total. The second-order valence-electron chi connectivity index (χ2n) is 6.78. The summed E-state index contributed by atoms with van der Waals surface area (Å²) in [6.45, 7) is 0.709. The first-order chi connectivity index (χ1) is 14.1. The van der Waals surface area contributed by atoms with Crippen molar-refractivity contribution in [2.45, 2.75) is 25.9 Å². The fraction of sp³-hybridized carbons (Fsp3) is 0.227. The smallest absolute Gasteiger partial charge is 0.310 e. The van der Waals surface area contributed by atoms with Crippen LogP contribution >= 0.6 is 11.6 Å². The van der Waals surface area contributed by atoms with Crippen LogP contribution in [0.4, 0.5) is 5.69 Å². The zero-order valence-electron chi connectivity index (χ0n) is 15.6. The molecule has 1 saturated heterocycles. The minimum Gasteiger partial charge on any atom is -0.455 e. The second kappa shape index (κ2) is 8.49. The largest absolute Gasteiger partial charge is 0.455 e. The molecule has 0 radical (unpaired) electrons. The molecule has 1 aliphatic rings. The Balaban J connectivity index is 1.30. The number of oxazole rings is 1. The van der Waals surface area contributed by atoms with E-state index in [2.05, 4.69) is 4.98 Å². The first kappa shape index (κ1) is 19.2. The van der Waals surface area contributed by atoms with Gasteiger partial charge in [-0.3, -0.25) is 9.59 Å². The highest BCUT2D eigenvalue weighted by Crippen LogP contribution is 2.23. The third kappa shape index (κ3) is 4.66. The van der Waals surface area contributed by atoms with E-state index in [0.717, 1.165) is 29.8 Å². The van der Waals surface area contributed by atoms with Crippen molar-refractivity contribution in [2.75, 3.05) is 11.4 Å². The predicted octanol–water partition coefficient (Wildman–Crippen LogP) is 4.41. The van der Waals surface area contributed by atoms with E-state index in [1.54, 1.807) is 23.2 Å². The highest BCUT2D eigenvalue weighted by atomic mass is 35.5. The van der Waals surface area contributed by atoms with E-state index >= 15 is 0 Å². The van der Waals surface area contributed by atoms with Gasteiger partial charge < -0.3 is 14.1 Å². The summed E-state index contributed by atoms with van der Waals surface area (Å²) < 4.78 is 10.9. The van der Waals surface area contributed by atoms with Gasteiger partial charge in [-0.2, -0.15) is 0 Å². The summed E-state index contributed by atoms with van der Waals surface area (Å²) in [6.07, 6.45) is 3.20. The number of ether oxygens (including phenoxy) is 1. The molecule has 1 fully saturated rings. The van der Waals surface area contributed by atoms with E-state index in [4.69, 9.17) is 20.8 Å². The number of esters is 1. The average Bonchev–Trinajstić information content (AvgIpc) is 3.37. The van der Waals surface area contributed by atoms with Crippen LogP contribution in [0.2, 0.25) is 5.02 Å². The number of rotatable bonds is 6. The van der Waals surface area contributed by atoms with Crippen molar-refractivity contribution in [3.8, 4) is 11.3 Å². The first-order valence-corrected chi connectivity index (χ1v) is 9.72. The molecular weight excluding hydrogens is 392 g/mol. The van der Waals surface area contributed by atoms with Gasteiger partial charge in [-0.1, -0.05) is 23.7 Å². The van der Waals surface area contributed by atoms with Crippen LogP contribution < -0.4 is 4.90 Å². The molecule has 2 heterocycles. The lowest BCUT2D eigenvalue weighted by molar-refractivity contribution is -0.144. The third-order valence-corrected chi connectivity index (χ3v) is 4.96. The molecule has 6 nitrogen and oxygen atoms in total. The van der Waals surface area contributed by atoms with Crippen molar-refractivity contribution in [1.29, 1.82) is 0 Å². The number of hydrogen-bond donors (Lipinski definition) is 0. The number of anilines is 1. The quantitative estimate of drug-likeness (QED) is 0.563. The van der Waals surface area contributed by atoms with Crippen LogP contribution in [0.25, 0.3) is 11.3 Å². The Morgan fingerprint density at radius 3 is 2.59 bits per heavy atom. The molecule has 0 bridgehead atoms. The lowest BCUT2D eigenvalue weighted by atomic mass is 10.1. The lowest BCUT2D eigenvalue weighted by Crippen LogP contribution is -2.23. The molecule has 7 heteroatoms. The summed E-state index contributed by atoms with van der Waals surface area (Å²) in [7, 11) is 0. The summed E-state index contributed by atoms with van der Waals surface area (Å²) in [5.41, 5.74) is 2.52. The van der Waals surface area contributed by atoms with Crippen molar-refractivity contribution < 1.29 is 18.7 Å². The molecule has 2 aromatic carbocycles. The van der Waals surface area contributed by atoms with Crippen LogP contribution in [-0.2, 0) is 27.4 Å². The molecule has 148 valence electrons. The average molecular weight is 411 g/mol. The van der Waals surface area contributed by atoms with Gasteiger partial charge in [0.2, 0.25) is 11.8 Å². The van der Waals surface area contributed by atoms with Crippen LogP contribution in [0.1, 0.15) is 24.3 Å². The maximum atomic E-state index is 12.1. The standard InChI is InChI=1S/C22H19ClN2O4/c23-17-7-5-16(6-8-17)19-13-24-20(29-19)14-28-22(27)12-15-3-9-18(10-4-15)25-11-1-2-21(25)26/h3-10,13H,1-2,11-12,14H2. The Labute approximate surface area is 173 Å². The summed E-state index contributed by atoms with van der Waals surface area (Å²) in [5, 5.41) is 0.641. The van der Waals surface area contributed by atoms with Crippen molar-refractivity contribution in [2.24, 2.45) is 0 Å². The van der Waals surface area contributed by atoms with E-state index in [1.165, 1.54) is 0 Å². The Morgan fingerprint density at radius 1 is 1.14 bits per heavy atom. The lowest BCUT2D eigenvalue weighted by Gasteiger charge is -2.15. The molecule has 0 unspecified atom stereocenters. The maximum absolute atomic E-state index is 12.1. The summed E-state index contributed by atoms with van der Waals surface area (Å²) >= 11 is 5.88. The number of benzene rings is 2. The van der Waals surface area contributed by atoms with Gasteiger partial charge in [0.25, 0.3) is 0 Å². The zero-order chi connectivity index (χ0) is 20.2. The Morgan fingerprint density at radius 2 is 1.90 bits per heavy atom. The molecule has 4 rings (SSSR count). The van der Waals surface area contributed by atoms with Gasteiger partial charge in [-0.25, -0.2) is 4.98 Å². The Bertz CT molecular complexity index is 1010. The topological polar surface area (TPSA) is 72.6 Å². The molecule has 1 aromatic heterocycles. The summed E-state index contributed by atoms with van der Waals surface area (Å²) in [6, 6.07) is 14.6. The molecule has 29 heavy (non-hydrogen) atoms. The number of aromatic nitrogens is 1. The van der Waals surface area contributed by atoms with Crippen LogP contribution in [0, 0.1) is 0 Å². The van der Waals surface area contributed by atoms with Gasteiger partial charge >= 0.3 is 5.97 Å². The summed E-state index contributed by atoms with van der Waals surface area (Å²) in [5.74, 6) is 0.674. The van der Waals surface area contributed by atoms with Crippen molar-refractivity contribution >= 4 is 29.2 Å². The summed E-state index contributed by atoms with van der Waals surface area (Å²) in [4.78, 5) is 29.8. The molecule has 1 amide bonds. The molecule has 3 aromatic rings. The van der Waals surface area contributed by atoms with Crippen molar-refractivity contribution in [3.05, 3.63) is 71.2 Å². The van der Waals surface area contributed by atoms with E-state index in [-0.39, 0.29) is 24.9 Å². The van der Waals surface area contributed by atoms with Crippen molar-refractivity contribution in [1.82, 2.24) is 4.98 Å². The number of hydrogen-bond acceptors (Lipinski definition) is 5. The van der Waals surface area contributed by atoms with Gasteiger partial charge in [-0.15, -0.1) is 0 Å². The number of nitrogens with zero attached hydrogens (tertiary/aromatic N) is 2. The number of halogens is 1. The third-order valence-electron chi connectivity index (χ3n) is 4.71. The minimum atomic E-state index is -0.374. The molecular formula is C22H19ClN2O4. The van der Waals surface area contributed by atoms with Gasteiger partial charge in [0.15, 0.2) is 12.4 Å². The highest BCUT2D eigenvalue weighted by molar-refractivity contribution is 6.30. The first-order valence-electron chi connectivity index (χ1n) is 9.34. The SMILES string of the molecule is O=C(Cc1ccc(N2CCCC2=O)cc1)OCc1ncc(-c2ccc(Cl)cc2)o1. The van der Waals surface area contributed by atoms with E-state index in [0.29, 0.717) is 23.1 Å². The normalized spacial score (nSPS) is 13.7. The van der Waals surface area contributed by atoms with Gasteiger partial charge in [0.1, 0.15) is 0 Å². The minimum absolute atomic E-state index is 0.0349. The highest BCUT2D eigenvalue weighted by Gasteiger charge is 2.21. The molecule has 0 saturated carbocycles. The van der Waals surface area contributed by atoms with Gasteiger partial charge in [0.05, 0.1) is 12.6 Å². The molecule has 0 spiro atoms. The van der Waals surface area contributed by atoms with E-state index in [1.807, 2.05) is 36.4 Å². The number of carbonyl (C=O) groups excluding carboxylic acids is 2. The van der Waals surface area contributed by atoms with Crippen LogP contribution in [0.3, 0.4) is 0 Å². The fourth-order valence-electron chi connectivity index (χ4n) is 3.20. The second-order valence-corrected chi connectivity index (χ2v) is 7.21. The Hall–Kier alpha value is -3.12. The number of amides is 1. The Kier molecular flexibility index (Phi) is 5.62. The fourth-order valence-corrected chi connectivity index (χ4v) is 3.33. The molecule has 0 atom stereocenters. The number of carbonyl (C=O) groups is 2. The molecule has 1 aliphatic heterocycles. The predicted molar refractivity (Wildman–Crippen MR) is 108 cm³/mol. The van der Waals surface area contributed by atoms with Crippen LogP contribution in [-0.4, -0.2) is 23.4 Å². The van der Waals surface area contributed by atoms with Gasteiger partial charge in [0, 0.05) is 29.2 Å². The maximum Gasteiger partial charge on any atom is 0.310 e. The molecule has 0 aliphatic carbocycles. The monoisotopic (exact) mass is 410 g/mol. The van der Waals surface area contributed by atoms with Gasteiger partial charge in [-0.05, 0) is 48.4 Å². The van der Waals surface area contributed by atoms with E-state index in [9.17, 15) is 9.59 Å². The van der Waals surface area contributed by atoms with Crippen LogP contribution in [0.5, 0.6) is 0 Å². The van der Waals surface area contributed by atoms with Crippen molar-refractivity contribution in [3.63, 3.8) is 0 Å². The van der Waals surface area contributed by atoms with Crippen LogP contribution in [0.15, 0.2) is 59.1 Å². The van der Waals surface area contributed by atoms with E-state index < -0.39 is 0 Å².